The van der Waals surface area contributed by atoms with Crippen molar-refractivity contribution in [2.24, 2.45) is 5.92 Å². The molecule has 1 aliphatic heterocycles. The number of piperidine rings is 1. The van der Waals surface area contributed by atoms with Crippen LogP contribution in [0.25, 0.3) is 0 Å². The molecule has 1 N–H and O–H groups in total. The summed E-state index contributed by atoms with van der Waals surface area (Å²) in [5, 5.41) is 9.96. The molecule has 0 saturated carbocycles. The summed E-state index contributed by atoms with van der Waals surface area (Å²) in [5.74, 6) is 4.00. The van der Waals surface area contributed by atoms with E-state index in [2.05, 4.69) is 66.1 Å². The number of benzene rings is 3. The van der Waals surface area contributed by atoms with Gasteiger partial charge in [0.1, 0.15) is 18.1 Å². The molecule has 220 valence electrons. The third-order valence-corrected chi connectivity index (χ3v) is 8.96. The summed E-state index contributed by atoms with van der Waals surface area (Å²) in [5.41, 5.74) is 6.29. The number of aryl methyl sites for hydroxylation is 1. The highest BCUT2D eigenvalue weighted by Gasteiger charge is 2.26. The molecule has 1 fully saturated rings. The van der Waals surface area contributed by atoms with Crippen molar-refractivity contribution in [1.82, 2.24) is 4.90 Å². The first-order valence-corrected chi connectivity index (χ1v) is 15.2. The molecule has 2 aliphatic rings. The van der Waals surface area contributed by atoms with Gasteiger partial charge in [-0.3, -0.25) is 4.90 Å². The van der Waals surface area contributed by atoms with Crippen LogP contribution in [0.1, 0.15) is 61.3 Å². The zero-order valence-corrected chi connectivity index (χ0v) is 25.2. The second-order valence-electron chi connectivity index (χ2n) is 11.7. The molecule has 6 nitrogen and oxygen atoms in total. The minimum Gasteiger partial charge on any atom is -0.508 e. The molecule has 5 rings (SSSR count). The van der Waals surface area contributed by atoms with Gasteiger partial charge in [-0.05, 0) is 117 Å². The fourth-order valence-electron chi connectivity index (χ4n) is 6.35. The minimum atomic E-state index is 0.347. The number of phenolic OH excluding ortho intramolecular Hbond substituents is 1. The fraction of sp³-hybridized carbons (Fsp3) is 0.486. The number of nitrogens with zero attached hydrogens (tertiary/aromatic N) is 2. The molecule has 1 aliphatic carbocycles. The average Bonchev–Trinajstić information content (AvgIpc) is 3.00. The number of methoxy groups -OCH3 is 2. The maximum atomic E-state index is 9.96. The fourth-order valence-corrected chi connectivity index (χ4v) is 6.35. The van der Waals surface area contributed by atoms with Crippen molar-refractivity contribution in [2.75, 3.05) is 51.9 Å². The van der Waals surface area contributed by atoms with Gasteiger partial charge in [0.2, 0.25) is 0 Å². The summed E-state index contributed by atoms with van der Waals surface area (Å²) in [6.07, 6.45) is 5.51. The Labute approximate surface area is 245 Å². The van der Waals surface area contributed by atoms with Crippen LogP contribution in [0.4, 0.5) is 5.69 Å². The third kappa shape index (κ3) is 7.10. The van der Waals surface area contributed by atoms with Gasteiger partial charge in [0.15, 0.2) is 11.5 Å². The lowest BCUT2D eigenvalue weighted by Gasteiger charge is -2.32. The Morgan fingerprint density at radius 1 is 0.902 bits per heavy atom. The van der Waals surface area contributed by atoms with Crippen LogP contribution >= 0.6 is 0 Å². The average molecular weight is 559 g/mol. The maximum Gasteiger partial charge on any atom is 0.162 e. The van der Waals surface area contributed by atoms with Crippen LogP contribution in [0.3, 0.4) is 0 Å². The van der Waals surface area contributed by atoms with E-state index >= 15 is 0 Å². The van der Waals surface area contributed by atoms with Crippen LogP contribution in [-0.2, 0) is 19.4 Å². The highest BCUT2D eigenvalue weighted by atomic mass is 16.5. The summed E-state index contributed by atoms with van der Waals surface area (Å²) in [4.78, 5) is 4.94. The second kappa shape index (κ2) is 13.5. The molecular formula is C35H46N2O4. The van der Waals surface area contributed by atoms with Gasteiger partial charge in [0.05, 0.1) is 14.2 Å². The van der Waals surface area contributed by atoms with Gasteiger partial charge >= 0.3 is 0 Å². The summed E-state index contributed by atoms with van der Waals surface area (Å²) in [6.45, 7) is 10.3. The van der Waals surface area contributed by atoms with Crippen LogP contribution in [0, 0.1) is 5.92 Å². The third-order valence-electron chi connectivity index (χ3n) is 8.96. The van der Waals surface area contributed by atoms with Gasteiger partial charge in [0, 0.05) is 31.4 Å². The summed E-state index contributed by atoms with van der Waals surface area (Å²) in [7, 11) is 3.40. The standard InChI is InChI=1S/C35H46N2O4/c1-5-37(24-26-6-12-31(13-7-26)41-19-18-36-16-14-25(2)15-17-36)33-23-35(40-4)34(39-3)22-32(33)29-9-8-28-21-30(38)11-10-27(28)20-29/h6-7,10-13,21-23,25,29,38H,5,8-9,14-20,24H2,1-4H3. The number of hydrogen-bond acceptors (Lipinski definition) is 6. The van der Waals surface area contributed by atoms with Crippen molar-refractivity contribution in [3.8, 4) is 23.0 Å². The van der Waals surface area contributed by atoms with Crippen molar-refractivity contribution in [3.63, 3.8) is 0 Å². The van der Waals surface area contributed by atoms with E-state index in [1.54, 1.807) is 20.3 Å². The van der Waals surface area contributed by atoms with E-state index in [9.17, 15) is 5.11 Å². The Morgan fingerprint density at radius 2 is 1.63 bits per heavy atom. The summed E-state index contributed by atoms with van der Waals surface area (Å²) >= 11 is 0. The van der Waals surface area contributed by atoms with Crippen molar-refractivity contribution in [3.05, 3.63) is 76.9 Å². The Kier molecular flexibility index (Phi) is 9.60. The van der Waals surface area contributed by atoms with Gasteiger partial charge in [-0.1, -0.05) is 25.1 Å². The van der Waals surface area contributed by atoms with Crippen LogP contribution in [0.2, 0.25) is 0 Å². The lowest BCUT2D eigenvalue weighted by Crippen LogP contribution is -2.35. The Balaban J connectivity index is 1.30. The Bertz CT molecular complexity index is 1280. The second-order valence-corrected chi connectivity index (χ2v) is 11.7. The summed E-state index contributed by atoms with van der Waals surface area (Å²) in [6, 6.07) is 18.7. The number of ether oxygens (including phenoxy) is 3. The molecular weight excluding hydrogens is 512 g/mol. The van der Waals surface area contributed by atoms with E-state index in [1.807, 2.05) is 6.07 Å². The lowest BCUT2D eigenvalue weighted by molar-refractivity contribution is 0.160. The lowest BCUT2D eigenvalue weighted by atomic mass is 9.79. The molecule has 0 radical (unpaired) electrons. The van der Waals surface area contributed by atoms with Crippen molar-refractivity contribution in [2.45, 2.75) is 58.4 Å². The van der Waals surface area contributed by atoms with Crippen molar-refractivity contribution >= 4 is 5.69 Å². The number of hydrogen-bond donors (Lipinski definition) is 1. The molecule has 0 aromatic heterocycles. The molecule has 1 unspecified atom stereocenters. The quantitative estimate of drug-likeness (QED) is 0.279. The van der Waals surface area contributed by atoms with E-state index in [0.29, 0.717) is 11.7 Å². The van der Waals surface area contributed by atoms with Gasteiger partial charge in [0.25, 0.3) is 0 Å². The highest BCUT2D eigenvalue weighted by molar-refractivity contribution is 5.64. The SMILES string of the molecule is CCN(Cc1ccc(OCCN2CCC(C)CC2)cc1)c1cc(OC)c(OC)cc1C1CCc2cc(O)ccc2C1. The van der Waals surface area contributed by atoms with Crippen molar-refractivity contribution in [1.29, 1.82) is 0 Å². The van der Waals surface area contributed by atoms with E-state index in [0.717, 1.165) is 68.7 Å². The zero-order chi connectivity index (χ0) is 28.8. The smallest absolute Gasteiger partial charge is 0.162 e. The summed E-state index contributed by atoms with van der Waals surface area (Å²) < 4.78 is 17.6. The van der Waals surface area contributed by atoms with Gasteiger partial charge in [-0.2, -0.15) is 0 Å². The van der Waals surface area contributed by atoms with E-state index in [4.69, 9.17) is 14.2 Å². The van der Waals surface area contributed by atoms with E-state index < -0.39 is 0 Å². The number of rotatable bonds is 11. The maximum absolute atomic E-state index is 9.96. The number of aromatic hydroxyl groups is 1. The normalized spacial score (nSPS) is 17.6. The highest BCUT2D eigenvalue weighted by Crippen LogP contribution is 2.43. The number of fused-ring (bicyclic) bond motifs is 1. The molecule has 0 bridgehead atoms. The molecule has 1 atom stereocenters. The van der Waals surface area contributed by atoms with E-state index in [-0.39, 0.29) is 0 Å². The van der Waals surface area contributed by atoms with Crippen molar-refractivity contribution < 1.29 is 19.3 Å². The number of likely N-dealkylation sites (tertiary alicyclic amines) is 1. The van der Waals surface area contributed by atoms with E-state index in [1.165, 1.54) is 53.9 Å². The van der Waals surface area contributed by atoms with Gasteiger partial charge in [-0.25, -0.2) is 0 Å². The predicted molar refractivity (Wildman–Crippen MR) is 166 cm³/mol. The monoisotopic (exact) mass is 558 g/mol. The first-order chi connectivity index (χ1) is 20.0. The number of phenols is 1. The Morgan fingerprint density at radius 3 is 2.34 bits per heavy atom. The zero-order valence-electron chi connectivity index (χ0n) is 25.2. The number of anilines is 1. The molecule has 1 saturated heterocycles. The first kappa shape index (κ1) is 29.1. The molecule has 41 heavy (non-hydrogen) atoms. The minimum absolute atomic E-state index is 0.347. The molecule has 0 amide bonds. The first-order valence-electron chi connectivity index (χ1n) is 15.2. The molecule has 0 spiro atoms. The van der Waals surface area contributed by atoms with Gasteiger partial charge < -0.3 is 24.2 Å². The topological polar surface area (TPSA) is 54.4 Å². The molecule has 6 heteroatoms. The van der Waals surface area contributed by atoms with Crippen LogP contribution < -0.4 is 19.1 Å². The van der Waals surface area contributed by atoms with Crippen LogP contribution in [-0.4, -0.2) is 57.0 Å². The molecule has 3 aromatic carbocycles. The largest absolute Gasteiger partial charge is 0.508 e. The van der Waals surface area contributed by atoms with Crippen LogP contribution in [0.15, 0.2) is 54.6 Å². The predicted octanol–water partition coefficient (Wildman–Crippen LogP) is 6.82. The van der Waals surface area contributed by atoms with Gasteiger partial charge in [-0.15, -0.1) is 0 Å². The Hall–Kier alpha value is -3.38. The molecule has 1 heterocycles. The molecule has 3 aromatic rings. The van der Waals surface area contributed by atoms with Crippen LogP contribution in [0.5, 0.6) is 23.0 Å².